The summed E-state index contributed by atoms with van der Waals surface area (Å²) in [7, 11) is 0. The number of alkyl halides is 1. The smallest absolute Gasteiger partial charge is 0.308 e. The van der Waals surface area contributed by atoms with Gasteiger partial charge in [-0.15, -0.1) is 0 Å². The molecule has 0 saturated carbocycles. The Labute approximate surface area is 243 Å². The van der Waals surface area contributed by atoms with Crippen molar-refractivity contribution in [3.8, 4) is 0 Å². The van der Waals surface area contributed by atoms with Crippen molar-refractivity contribution in [1.29, 1.82) is 0 Å². The molecule has 2 atom stereocenters. The molecule has 37 heavy (non-hydrogen) atoms. The number of hydrogen-bond donors (Lipinski definition) is 1. The van der Waals surface area contributed by atoms with Gasteiger partial charge in [-0.05, 0) is 61.2 Å². The van der Waals surface area contributed by atoms with E-state index >= 15 is 0 Å². The summed E-state index contributed by atoms with van der Waals surface area (Å²) in [5.74, 6) is -1.60. The molecule has 0 bridgehead atoms. The lowest BCUT2D eigenvalue weighted by atomic mass is 9.93. The lowest BCUT2D eigenvalue weighted by Crippen LogP contribution is -2.30. The first-order chi connectivity index (χ1) is 17.5. The zero-order valence-electron chi connectivity index (χ0n) is 20.0. The molecule has 0 radical (unpaired) electrons. The molecule has 5 nitrogen and oxygen atoms in total. The molecule has 1 aromatic heterocycles. The number of fused-ring (bicyclic) bond motifs is 1. The predicted molar refractivity (Wildman–Crippen MR) is 151 cm³/mol. The van der Waals surface area contributed by atoms with Crippen molar-refractivity contribution in [2.24, 2.45) is 0 Å². The van der Waals surface area contributed by atoms with Gasteiger partial charge in [-0.1, -0.05) is 69.3 Å². The van der Waals surface area contributed by atoms with Crippen LogP contribution in [0.5, 0.6) is 0 Å². The fourth-order valence-corrected chi connectivity index (χ4v) is 5.33. The van der Waals surface area contributed by atoms with Crippen molar-refractivity contribution in [3.05, 3.63) is 71.7 Å². The third kappa shape index (κ3) is 7.48. The van der Waals surface area contributed by atoms with E-state index in [4.69, 9.17) is 51.1 Å². The third-order valence-corrected chi connectivity index (χ3v) is 7.84. The number of pyridine rings is 1. The molecule has 1 N–H and O–H groups in total. The Bertz CT molecular complexity index is 1320. The Kier molecular flexibility index (Phi) is 10.9. The molecule has 2 aromatic carbocycles. The molecule has 0 aliphatic heterocycles. The molecule has 2 unspecified atom stereocenters. The number of hydrogen-bond acceptors (Lipinski definition) is 4. The zero-order valence-corrected chi connectivity index (χ0v) is 24.6. The van der Waals surface area contributed by atoms with Gasteiger partial charge in [0.2, 0.25) is 6.36 Å². The zero-order chi connectivity index (χ0) is 27.3. The highest BCUT2D eigenvalue weighted by atomic mass is 79.9. The van der Waals surface area contributed by atoms with Crippen molar-refractivity contribution < 1.29 is 18.7 Å². The van der Waals surface area contributed by atoms with Crippen LogP contribution >= 0.6 is 62.3 Å². The normalized spacial score (nSPS) is 12.9. The molecule has 0 fully saturated rings. The minimum Gasteiger partial charge on any atom is -0.431 e. The minimum absolute atomic E-state index is 0.0643. The number of nitrogens with zero attached hydrogens (tertiary/aromatic N) is 1. The monoisotopic (exact) mass is 650 g/mol. The van der Waals surface area contributed by atoms with Gasteiger partial charge in [-0.2, -0.15) is 0 Å². The lowest BCUT2D eigenvalue weighted by molar-refractivity contribution is -0.158. The Morgan fingerprint density at radius 2 is 1.81 bits per heavy atom. The molecular weight excluding hydrogens is 629 g/mol. The number of nitrogens with one attached hydrogen (secondary N) is 1. The number of esters is 1. The summed E-state index contributed by atoms with van der Waals surface area (Å²) in [4.78, 5) is 30.0. The molecule has 198 valence electrons. The quantitative estimate of drug-likeness (QED) is 0.135. The van der Waals surface area contributed by atoms with E-state index in [0.717, 1.165) is 4.47 Å². The lowest BCUT2D eigenvalue weighted by Gasteiger charge is -2.22. The summed E-state index contributed by atoms with van der Waals surface area (Å²) in [5.41, 5.74) is 1.94. The molecule has 0 saturated heterocycles. The van der Waals surface area contributed by atoms with Gasteiger partial charge >= 0.3 is 5.97 Å². The van der Waals surface area contributed by atoms with Crippen LogP contribution in [0.4, 0.5) is 4.39 Å². The van der Waals surface area contributed by atoms with Crippen LogP contribution in [-0.4, -0.2) is 29.8 Å². The first-order valence-electron chi connectivity index (χ1n) is 11.5. The van der Waals surface area contributed by atoms with Gasteiger partial charge in [0.25, 0.3) is 5.91 Å². The van der Waals surface area contributed by atoms with E-state index in [-0.39, 0.29) is 41.0 Å². The Morgan fingerprint density at radius 1 is 1.11 bits per heavy atom. The summed E-state index contributed by atoms with van der Waals surface area (Å²) < 4.78 is 19.4. The number of amides is 1. The van der Waals surface area contributed by atoms with Crippen molar-refractivity contribution in [2.45, 2.75) is 51.8 Å². The van der Waals surface area contributed by atoms with Crippen LogP contribution in [0, 0.1) is 6.92 Å². The molecule has 3 aromatic rings. The largest absolute Gasteiger partial charge is 0.431 e. The molecule has 0 aliphatic rings. The van der Waals surface area contributed by atoms with E-state index in [1.807, 2.05) is 6.07 Å². The van der Waals surface area contributed by atoms with Crippen LogP contribution < -0.4 is 5.32 Å². The van der Waals surface area contributed by atoms with Crippen molar-refractivity contribution >= 4 is 85.1 Å². The molecule has 0 spiro atoms. The highest BCUT2D eigenvalue weighted by Gasteiger charge is 2.25. The number of ether oxygens (including phenoxy) is 1. The van der Waals surface area contributed by atoms with Gasteiger partial charge in [-0.25, -0.2) is 9.37 Å². The van der Waals surface area contributed by atoms with Gasteiger partial charge < -0.3 is 10.1 Å². The second-order valence-corrected chi connectivity index (χ2v) is 10.9. The highest BCUT2D eigenvalue weighted by molar-refractivity contribution is 9.10. The maximum absolute atomic E-state index is 13.8. The van der Waals surface area contributed by atoms with E-state index in [0.29, 0.717) is 39.0 Å². The number of carbonyl (C=O) groups excluding carboxylic acids is 2. The maximum atomic E-state index is 13.8. The fraction of sp³-hybridized carbons (Fsp3) is 0.346. The molecular formula is C26H24BrCl4FN2O3. The van der Waals surface area contributed by atoms with Crippen LogP contribution in [-0.2, 0) is 9.53 Å². The Morgan fingerprint density at radius 3 is 2.51 bits per heavy atom. The van der Waals surface area contributed by atoms with Crippen molar-refractivity contribution in [1.82, 2.24) is 10.3 Å². The van der Waals surface area contributed by atoms with Gasteiger partial charge in [-0.3, -0.25) is 9.59 Å². The molecule has 1 heterocycles. The Hall–Kier alpha value is -1.64. The average molecular weight is 653 g/mol. The van der Waals surface area contributed by atoms with Crippen LogP contribution in [0.3, 0.4) is 0 Å². The second-order valence-electron chi connectivity index (χ2n) is 8.46. The number of benzene rings is 2. The van der Waals surface area contributed by atoms with Crippen molar-refractivity contribution in [3.63, 3.8) is 0 Å². The van der Waals surface area contributed by atoms with E-state index < -0.39 is 24.2 Å². The van der Waals surface area contributed by atoms with Crippen LogP contribution in [0.25, 0.3) is 10.9 Å². The minimum atomic E-state index is -1.67. The van der Waals surface area contributed by atoms with Gasteiger partial charge in [0.1, 0.15) is 5.15 Å². The fourth-order valence-electron chi connectivity index (χ4n) is 3.94. The van der Waals surface area contributed by atoms with Crippen molar-refractivity contribution in [2.75, 3.05) is 6.54 Å². The second kappa shape index (κ2) is 13.4. The van der Waals surface area contributed by atoms with Gasteiger partial charge in [0.05, 0.1) is 21.1 Å². The maximum Gasteiger partial charge on any atom is 0.308 e. The standard InChI is InChI=1S/C26H24BrCl4FN2O3/c1-3-4-20(32)37-21(35)10-5-14(23-17(28)7-8-18(29)24(23)30)12-33-26(36)22-13(2)25(31)34-19-9-6-15(27)11-16(19)22/h6-9,11,14,20H,3-5,10,12H2,1-2H3,(H,33,36). The molecule has 3 rings (SSSR count). The highest BCUT2D eigenvalue weighted by Crippen LogP contribution is 2.38. The molecule has 0 aliphatic carbocycles. The molecule has 1 amide bonds. The SMILES string of the molecule is CCCC(F)OC(=O)CCC(CNC(=O)c1c(C)c(Cl)nc2ccc(Br)cc12)c1c(Cl)ccc(Cl)c1Cl. The number of halogens is 6. The van der Waals surface area contributed by atoms with Crippen LogP contribution in [0.1, 0.15) is 60.0 Å². The average Bonchev–Trinajstić information content (AvgIpc) is 2.84. The van der Waals surface area contributed by atoms with Gasteiger partial charge in [0.15, 0.2) is 0 Å². The third-order valence-electron chi connectivity index (χ3n) is 5.83. The summed E-state index contributed by atoms with van der Waals surface area (Å²) in [6.45, 7) is 3.57. The van der Waals surface area contributed by atoms with E-state index in [1.54, 1.807) is 38.1 Å². The summed E-state index contributed by atoms with van der Waals surface area (Å²) in [6, 6.07) is 8.52. The summed E-state index contributed by atoms with van der Waals surface area (Å²) in [6.07, 6.45) is -0.934. The number of aromatic nitrogens is 1. The van der Waals surface area contributed by atoms with E-state index in [1.165, 1.54) is 0 Å². The topological polar surface area (TPSA) is 68.3 Å². The van der Waals surface area contributed by atoms with Gasteiger partial charge in [0, 0.05) is 40.2 Å². The van der Waals surface area contributed by atoms with E-state index in [2.05, 4.69) is 26.2 Å². The first-order valence-corrected chi connectivity index (χ1v) is 13.8. The summed E-state index contributed by atoms with van der Waals surface area (Å²) in [5, 5.41) is 4.57. The predicted octanol–water partition coefficient (Wildman–Crippen LogP) is 8.85. The number of rotatable bonds is 10. The first kappa shape index (κ1) is 29.9. The Balaban J connectivity index is 1.88. The number of carbonyl (C=O) groups is 2. The van der Waals surface area contributed by atoms with E-state index in [9.17, 15) is 14.0 Å². The summed E-state index contributed by atoms with van der Waals surface area (Å²) >= 11 is 28.9. The molecule has 11 heteroatoms. The van der Waals surface area contributed by atoms with Crippen LogP contribution in [0.2, 0.25) is 20.2 Å². The van der Waals surface area contributed by atoms with Crippen LogP contribution in [0.15, 0.2) is 34.8 Å².